The molecule has 0 radical (unpaired) electrons. The molecule has 13 heavy (non-hydrogen) atoms. The molecular weight excluding hydrogens is 181 g/mol. The van der Waals surface area contributed by atoms with E-state index in [1.165, 1.54) is 0 Å². The van der Waals surface area contributed by atoms with Gasteiger partial charge in [-0.15, -0.1) is 6.42 Å². The van der Waals surface area contributed by atoms with Crippen LogP contribution in [0.25, 0.3) is 0 Å². The van der Waals surface area contributed by atoms with E-state index in [2.05, 4.69) is 10.7 Å². The van der Waals surface area contributed by atoms with Gasteiger partial charge in [0, 0.05) is 5.69 Å². The van der Waals surface area contributed by atoms with Crippen molar-refractivity contribution in [2.75, 3.05) is 11.7 Å². The molecule has 0 fully saturated rings. The highest BCUT2D eigenvalue weighted by Gasteiger charge is 2.02. The van der Waals surface area contributed by atoms with Crippen LogP contribution in [-0.2, 0) is 4.52 Å². The van der Waals surface area contributed by atoms with Crippen LogP contribution in [0.5, 0.6) is 0 Å². The molecule has 0 spiro atoms. The third-order valence-corrected chi connectivity index (χ3v) is 2.59. The van der Waals surface area contributed by atoms with Crippen molar-refractivity contribution in [2.24, 2.45) is 0 Å². The number of hydrogen-bond donors (Lipinski definition) is 1. The average molecular weight is 193 g/mol. The second-order valence-corrected chi connectivity index (χ2v) is 3.65. The maximum Gasteiger partial charge on any atom is 0.214 e. The van der Waals surface area contributed by atoms with Gasteiger partial charge in [0.1, 0.15) is 0 Å². The van der Waals surface area contributed by atoms with Gasteiger partial charge >= 0.3 is 0 Å². The monoisotopic (exact) mass is 193 g/mol. The lowest BCUT2D eigenvalue weighted by Gasteiger charge is -2.12. The van der Waals surface area contributed by atoms with Crippen molar-refractivity contribution in [1.82, 2.24) is 0 Å². The first-order valence-corrected chi connectivity index (χ1v) is 5.33. The van der Waals surface area contributed by atoms with Crippen LogP contribution >= 0.6 is 8.30 Å². The van der Waals surface area contributed by atoms with Gasteiger partial charge in [-0.1, -0.05) is 18.2 Å². The lowest BCUT2D eigenvalue weighted by atomic mass is 10.3. The van der Waals surface area contributed by atoms with Gasteiger partial charge in [-0.05, 0) is 24.7 Å². The Bertz CT molecular complexity index is 281. The molecule has 1 aromatic rings. The van der Waals surface area contributed by atoms with E-state index in [0.717, 1.165) is 5.69 Å². The van der Waals surface area contributed by atoms with E-state index >= 15 is 0 Å². The van der Waals surface area contributed by atoms with Crippen LogP contribution in [0.15, 0.2) is 30.3 Å². The minimum absolute atomic E-state index is 0.635. The number of terminal acetylenes is 1. The van der Waals surface area contributed by atoms with Crippen molar-refractivity contribution in [3.63, 3.8) is 0 Å². The summed E-state index contributed by atoms with van der Waals surface area (Å²) in [5.41, 5.74) is 3.58. The molecule has 1 N–H and O–H groups in total. The Hall–Kier alpha value is -1.03. The first kappa shape index (κ1) is 10.1. The van der Waals surface area contributed by atoms with Gasteiger partial charge in [-0.3, -0.25) is 0 Å². The topological polar surface area (TPSA) is 21.3 Å². The van der Waals surface area contributed by atoms with E-state index in [-0.39, 0.29) is 0 Å². The Labute approximate surface area is 80.2 Å². The van der Waals surface area contributed by atoms with E-state index in [4.69, 9.17) is 10.9 Å². The zero-order chi connectivity index (χ0) is 9.52. The number of nitrogens with one attached hydrogen (secondary N) is 1. The summed E-state index contributed by atoms with van der Waals surface area (Å²) in [6, 6.07) is 9.80. The van der Waals surface area contributed by atoms with Crippen molar-refractivity contribution in [1.29, 1.82) is 0 Å². The summed E-state index contributed by atoms with van der Waals surface area (Å²) in [5.74, 6) is 0. The molecule has 0 amide bonds. The van der Waals surface area contributed by atoms with Crippen LogP contribution in [0.3, 0.4) is 0 Å². The highest BCUT2D eigenvalue weighted by atomic mass is 31.2. The second kappa shape index (κ2) is 5.59. The predicted molar refractivity (Wildman–Crippen MR) is 57.4 cm³/mol. The largest absolute Gasteiger partial charge is 0.332 e. The van der Waals surface area contributed by atoms with Gasteiger partial charge < -0.3 is 9.61 Å². The van der Waals surface area contributed by atoms with E-state index in [1.807, 2.05) is 37.3 Å². The van der Waals surface area contributed by atoms with Gasteiger partial charge in [0.2, 0.25) is 8.30 Å². The van der Waals surface area contributed by atoms with Crippen LogP contribution < -0.4 is 5.09 Å². The molecule has 0 heterocycles. The molecule has 0 aliphatic heterocycles. The SMILES string of the molecule is C#CP(Nc1ccccc1)OCC. The van der Waals surface area contributed by atoms with Gasteiger partial charge in [0.25, 0.3) is 0 Å². The lowest BCUT2D eigenvalue weighted by Crippen LogP contribution is -1.93. The predicted octanol–water partition coefficient (Wildman–Crippen LogP) is 3.04. The number of rotatable bonds is 4. The van der Waals surface area contributed by atoms with E-state index in [0.29, 0.717) is 6.61 Å². The smallest absolute Gasteiger partial charge is 0.214 e. The van der Waals surface area contributed by atoms with Gasteiger partial charge in [0.15, 0.2) is 0 Å². The number of benzene rings is 1. The lowest BCUT2D eigenvalue weighted by molar-refractivity contribution is 0.386. The molecular formula is C10H12NOP. The Balaban J connectivity index is 2.53. The zero-order valence-corrected chi connectivity index (χ0v) is 8.42. The summed E-state index contributed by atoms with van der Waals surface area (Å²) >= 11 is 0. The molecule has 1 aromatic carbocycles. The molecule has 0 saturated carbocycles. The maximum absolute atomic E-state index is 5.31. The highest BCUT2D eigenvalue weighted by Crippen LogP contribution is 2.35. The Morgan fingerprint density at radius 1 is 1.46 bits per heavy atom. The summed E-state index contributed by atoms with van der Waals surface area (Å²) < 4.78 is 5.31. The van der Waals surface area contributed by atoms with Crippen LogP contribution in [0.1, 0.15) is 6.92 Å². The number of hydrogen-bond acceptors (Lipinski definition) is 2. The van der Waals surface area contributed by atoms with Crippen molar-refractivity contribution in [3.8, 4) is 12.1 Å². The molecule has 0 saturated heterocycles. The van der Waals surface area contributed by atoms with E-state index < -0.39 is 8.30 Å². The summed E-state index contributed by atoms with van der Waals surface area (Å²) in [4.78, 5) is 0. The zero-order valence-electron chi connectivity index (χ0n) is 7.53. The minimum atomic E-state index is -0.957. The molecule has 0 aromatic heterocycles. The first-order chi connectivity index (χ1) is 6.36. The number of anilines is 1. The van der Waals surface area contributed by atoms with Crippen LogP contribution in [0, 0.1) is 12.1 Å². The standard InChI is InChI=1S/C10H12NOP/c1-3-12-13(4-2)11-10-8-6-5-7-9-10/h2,5-9,11H,3H2,1H3. The fourth-order valence-corrected chi connectivity index (χ4v) is 1.71. The normalized spacial score (nSPS) is 11.7. The fraction of sp³-hybridized carbons (Fsp3) is 0.200. The molecule has 0 aliphatic carbocycles. The average Bonchev–Trinajstić information content (AvgIpc) is 2.19. The molecule has 1 unspecified atom stereocenters. The molecule has 1 atom stereocenters. The van der Waals surface area contributed by atoms with Crippen molar-refractivity contribution in [3.05, 3.63) is 30.3 Å². The second-order valence-electron chi connectivity index (χ2n) is 2.32. The van der Waals surface area contributed by atoms with Gasteiger partial charge in [0.05, 0.1) is 6.61 Å². The maximum atomic E-state index is 5.31. The third-order valence-electron chi connectivity index (χ3n) is 1.38. The van der Waals surface area contributed by atoms with Gasteiger partial charge in [-0.2, -0.15) is 0 Å². The minimum Gasteiger partial charge on any atom is -0.332 e. The molecule has 1 rings (SSSR count). The van der Waals surface area contributed by atoms with Crippen molar-refractivity contribution < 1.29 is 4.52 Å². The van der Waals surface area contributed by atoms with Crippen LogP contribution in [0.2, 0.25) is 0 Å². The van der Waals surface area contributed by atoms with Crippen LogP contribution in [0.4, 0.5) is 5.69 Å². The summed E-state index contributed by atoms with van der Waals surface area (Å²) in [5, 5.41) is 3.14. The quantitative estimate of drug-likeness (QED) is 0.586. The molecule has 0 bridgehead atoms. The molecule has 68 valence electrons. The fourth-order valence-electron chi connectivity index (χ4n) is 0.861. The van der Waals surface area contributed by atoms with E-state index in [1.54, 1.807) is 0 Å². The molecule has 2 nitrogen and oxygen atoms in total. The summed E-state index contributed by atoms with van der Waals surface area (Å²) in [7, 11) is -0.957. The van der Waals surface area contributed by atoms with Crippen molar-refractivity contribution >= 4 is 14.0 Å². The molecule has 0 aliphatic rings. The number of para-hydroxylation sites is 1. The Kier molecular flexibility index (Phi) is 4.32. The summed E-state index contributed by atoms with van der Waals surface area (Å²) in [6.45, 7) is 2.56. The van der Waals surface area contributed by atoms with Crippen LogP contribution in [-0.4, -0.2) is 6.61 Å². The summed E-state index contributed by atoms with van der Waals surface area (Å²) in [6.07, 6.45) is 5.30. The van der Waals surface area contributed by atoms with Gasteiger partial charge in [-0.25, -0.2) is 0 Å². The Morgan fingerprint density at radius 3 is 2.69 bits per heavy atom. The van der Waals surface area contributed by atoms with Crippen molar-refractivity contribution in [2.45, 2.75) is 6.92 Å². The first-order valence-electron chi connectivity index (χ1n) is 4.07. The van der Waals surface area contributed by atoms with E-state index in [9.17, 15) is 0 Å². The molecule has 3 heteroatoms. The Morgan fingerprint density at radius 2 is 2.15 bits per heavy atom. The highest BCUT2D eigenvalue weighted by molar-refractivity contribution is 7.59. The third kappa shape index (κ3) is 3.46.